The summed E-state index contributed by atoms with van der Waals surface area (Å²) in [5.41, 5.74) is 0. The third-order valence-electron chi connectivity index (χ3n) is 14.6. The number of rotatable bonds is 62. The van der Waals surface area contributed by atoms with Crippen LogP contribution in [0.5, 0.6) is 0 Å². The Labute approximate surface area is 513 Å². The Balaban J connectivity index is 4.27. The Morgan fingerprint density at radius 3 is 0.759 bits per heavy atom. The summed E-state index contributed by atoms with van der Waals surface area (Å²) in [4.78, 5) is 38.3. The molecule has 0 radical (unpaired) electrons. The van der Waals surface area contributed by atoms with Gasteiger partial charge in [-0.15, -0.1) is 0 Å². The van der Waals surface area contributed by atoms with Crippen LogP contribution in [0.4, 0.5) is 0 Å². The topological polar surface area (TPSA) is 78.9 Å². The Morgan fingerprint density at radius 2 is 0.470 bits per heavy atom. The van der Waals surface area contributed by atoms with Gasteiger partial charge in [-0.05, 0) is 122 Å². The average molecular weight is 1150 g/mol. The Morgan fingerprint density at radius 1 is 0.253 bits per heavy atom. The third kappa shape index (κ3) is 68.2. The average Bonchev–Trinajstić information content (AvgIpc) is 3.49. The highest BCUT2D eigenvalue weighted by atomic mass is 16.6. The van der Waals surface area contributed by atoms with Crippen LogP contribution in [0.3, 0.4) is 0 Å². The van der Waals surface area contributed by atoms with Crippen molar-refractivity contribution >= 4 is 17.9 Å². The lowest BCUT2D eigenvalue weighted by atomic mass is 10.0. The molecule has 83 heavy (non-hydrogen) atoms. The van der Waals surface area contributed by atoms with Crippen molar-refractivity contribution in [2.45, 2.75) is 322 Å². The van der Waals surface area contributed by atoms with Crippen LogP contribution in [0.15, 0.2) is 134 Å². The lowest BCUT2D eigenvalue weighted by Crippen LogP contribution is -2.30. The van der Waals surface area contributed by atoms with Crippen LogP contribution in [0.25, 0.3) is 0 Å². The molecule has 0 saturated heterocycles. The van der Waals surface area contributed by atoms with Gasteiger partial charge in [0.05, 0.1) is 0 Å². The zero-order chi connectivity index (χ0) is 59.9. The Hall–Kier alpha value is -4.45. The molecular formula is C77H128O6. The third-order valence-corrected chi connectivity index (χ3v) is 14.6. The smallest absolute Gasteiger partial charge is 0.306 e. The van der Waals surface area contributed by atoms with Crippen LogP contribution in [0.1, 0.15) is 316 Å². The summed E-state index contributed by atoms with van der Waals surface area (Å²) < 4.78 is 16.9. The summed E-state index contributed by atoms with van der Waals surface area (Å²) in [6.45, 7) is 6.47. The second kappa shape index (κ2) is 70.0. The van der Waals surface area contributed by atoms with Gasteiger partial charge < -0.3 is 14.2 Å². The molecule has 1 atom stereocenters. The highest BCUT2D eigenvalue weighted by Gasteiger charge is 2.19. The SMILES string of the molecule is CC/C=C\C/C=C\C/C=C\C/C=C\C/C=C\C/C=C\C/C=C\C/C=C\CCCCC(=O)OC(COC(=O)CCCCCCCCCCC)COC(=O)CCCCCCCCCCCCCCCC/C=C\C/C=C\C/C=C\CCCCCCC. The monoisotopic (exact) mass is 1150 g/mol. The first kappa shape index (κ1) is 78.5. The summed E-state index contributed by atoms with van der Waals surface area (Å²) >= 11 is 0. The zero-order valence-electron chi connectivity index (χ0n) is 54.2. The standard InChI is InChI=1S/C77H128O6/c1-4-7-10-13-16-19-21-23-25-27-29-31-33-35-37-38-40-41-43-45-47-49-51-53-55-58-61-64-67-70-76(79)82-73-74(72-81-75(78)69-66-63-60-57-18-15-12-9-6-3)83-77(80)71-68-65-62-59-56-54-52-50-48-46-44-42-39-36-34-32-30-28-26-24-22-20-17-14-11-8-5-2/h8,11,17,20-21,23-24,26-27,29-30,32-33,35-36,39,44,46,50,52,56,59,74H,4-7,9-10,12-16,18-19,22,25,28,31,34,37-38,40-43,45,47-49,51,53-55,57-58,60-73H2,1-3H3/b11-8-,20-17-,23-21-,26-24-,29-27-,32-30-,35-33-,39-36-,46-44-,52-50-,59-56-. The molecule has 0 amide bonds. The molecule has 6 heteroatoms. The van der Waals surface area contributed by atoms with E-state index in [1.165, 1.54) is 154 Å². The van der Waals surface area contributed by atoms with Gasteiger partial charge in [-0.3, -0.25) is 14.4 Å². The molecule has 0 aromatic carbocycles. The molecule has 0 fully saturated rings. The largest absolute Gasteiger partial charge is 0.462 e. The summed E-state index contributed by atoms with van der Waals surface area (Å²) in [5.74, 6) is -0.939. The van der Waals surface area contributed by atoms with Crippen molar-refractivity contribution in [3.8, 4) is 0 Å². The molecule has 472 valence electrons. The normalized spacial score (nSPS) is 13.0. The fraction of sp³-hybridized carbons (Fsp3) is 0.675. The number of ether oxygens (including phenoxy) is 3. The second-order valence-electron chi connectivity index (χ2n) is 22.7. The van der Waals surface area contributed by atoms with Gasteiger partial charge in [0.25, 0.3) is 0 Å². The molecule has 0 spiro atoms. The first-order chi connectivity index (χ1) is 41.0. The molecular weight excluding hydrogens is 1020 g/mol. The molecule has 0 heterocycles. The van der Waals surface area contributed by atoms with Crippen LogP contribution in [-0.2, 0) is 28.6 Å². The second-order valence-corrected chi connectivity index (χ2v) is 22.7. The van der Waals surface area contributed by atoms with Gasteiger partial charge in [0.15, 0.2) is 6.10 Å². The van der Waals surface area contributed by atoms with Crippen LogP contribution in [0.2, 0.25) is 0 Å². The van der Waals surface area contributed by atoms with Gasteiger partial charge >= 0.3 is 17.9 Å². The fourth-order valence-electron chi connectivity index (χ4n) is 9.47. The van der Waals surface area contributed by atoms with Gasteiger partial charge in [0.1, 0.15) is 13.2 Å². The number of allylic oxidation sites excluding steroid dienone is 22. The molecule has 0 aliphatic carbocycles. The molecule has 0 aliphatic heterocycles. The predicted molar refractivity (Wildman–Crippen MR) is 362 cm³/mol. The van der Waals surface area contributed by atoms with Crippen LogP contribution >= 0.6 is 0 Å². The van der Waals surface area contributed by atoms with Crippen molar-refractivity contribution in [3.05, 3.63) is 134 Å². The fourth-order valence-corrected chi connectivity index (χ4v) is 9.47. The van der Waals surface area contributed by atoms with E-state index in [1.807, 2.05) is 0 Å². The quantitative estimate of drug-likeness (QED) is 0.0261. The Kier molecular flexibility index (Phi) is 66.3. The first-order valence-corrected chi connectivity index (χ1v) is 34.7. The van der Waals surface area contributed by atoms with E-state index in [-0.39, 0.29) is 37.5 Å². The van der Waals surface area contributed by atoms with Crippen molar-refractivity contribution in [3.63, 3.8) is 0 Å². The molecule has 0 aromatic rings. The maximum atomic E-state index is 12.9. The number of esters is 3. The minimum atomic E-state index is -0.805. The summed E-state index contributed by atoms with van der Waals surface area (Å²) in [5, 5.41) is 0. The van der Waals surface area contributed by atoms with Crippen LogP contribution < -0.4 is 0 Å². The molecule has 6 nitrogen and oxygen atoms in total. The van der Waals surface area contributed by atoms with Crippen LogP contribution in [-0.4, -0.2) is 37.2 Å². The predicted octanol–water partition coefficient (Wildman–Crippen LogP) is 24.1. The molecule has 0 N–H and O–H groups in total. The molecule has 0 aliphatic rings. The summed E-state index contributed by atoms with van der Waals surface area (Å²) in [7, 11) is 0. The van der Waals surface area contributed by atoms with E-state index in [1.54, 1.807) is 0 Å². The number of hydrogen-bond acceptors (Lipinski definition) is 6. The van der Waals surface area contributed by atoms with Crippen LogP contribution in [0, 0.1) is 0 Å². The highest BCUT2D eigenvalue weighted by molar-refractivity contribution is 5.71. The lowest BCUT2D eigenvalue weighted by molar-refractivity contribution is -0.167. The van der Waals surface area contributed by atoms with Crippen molar-refractivity contribution in [1.82, 2.24) is 0 Å². The number of unbranched alkanes of at least 4 members (excludes halogenated alkanes) is 29. The molecule has 1 unspecified atom stereocenters. The number of carbonyl (C=O) groups excluding carboxylic acids is 3. The van der Waals surface area contributed by atoms with Crippen molar-refractivity contribution in [2.75, 3.05) is 13.2 Å². The van der Waals surface area contributed by atoms with E-state index < -0.39 is 6.10 Å². The highest BCUT2D eigenvalue weighted by Crippen LogP contribution is 2.16. The van der Waals surface area contributed by atoms with E-state index >= 15 is 0 Å². The van der Waals surface area contributed by atoms with Gasteiger partial charge in [0.2, 0.25) is 0 Å². The minimum Gasteiger partial charge on any atom is -0.462 e. The zero-order valence-corrected chi connectivity index (χ0v) is 54.2. The van der Waals surface area contributed by atoms with Crippen molar-refractivity contribution in [2.24, 2.45) is 0 Å². The minimum absolute atomic E-state index is 0.0968. The van der Waals surface area contributed by atoms with E-state index in [2.05, 4.69) is 154 Å². The summed E-state index contributed by atoms with van der Waals surface area (Å²) in [6.07, 6.45) is 99.2. The number of hydrogen-bond donors (Lipinski definition) is 0. The first-order valence-electron chi connectivity index (χ1n) is 34.7. The van der Waals surface area contributed by atoms with E-state index in [0.717, 1.165) is 116 Å². The van der Waals surface area contributed by atoms with E-state index in [0.29, 0.717) is 19.3 Å². The van der Waals surface area contributed by atoms with E-state index in [4.69, 9.17) is 14.2 Å². The van der Waals surface area contributed by atoms with Crippen molar-refractivity contribution in [1.29, 1.82) is 0 Å². The maximum Gasteiger partial charge on any atom is 0.306 e. The van der Waals surface area contributed by atoms with Gasteiger partial charge in [-0.2, -0.15) is 0 Å². The lowest BCUT2D eigenvalue weighted by Gasteiger charge is -2.18. The molecule has 0 saturated carbocycles. The van der Waals surface area contributed by atoms with Gasteiger partial charge in [-0.1, -0.05) is 309 Å². The van der Waals surface area contributed by atoms with Gasteiger partial charge in [-0.25, -0.2) is 0 Å². The maximum absolute atomic E-state index is 12.9. The van der Waals surface area contributed by atoms with E-state index in [9.17, 15) is 14.4 Å². The number of carbonyl (C=O) groups is 3. The molecule has 0 bridgehead atoms. The molecule has 0 rings (SSSR count). The molecule has 0 aromatic heterocycles. The Bertz CT molecular complexity index is 1750. The van der Waals surface area contributed by atoms with Crippen molar-refractivity contribution < 1.29 is 28.6 Å². The summed E-state index contributed by atoms with van der Waals surface area (Å²) in [6, 6.07) is 0. The van der Waals surface area contributed by atoms with Gasteiger partial charge in [0, 0.05) is 19.3 Å².